The van der Waals surface area contributed by atoms with E-state index in [1.807, 2.05) is 36.9 Å². The zero-order valence-corrected chi connectivity index (χ0v) is 17.2. The van der Waals surface area contributed by atoms with Gasteiger partial charge in [0.2, 0.25) is 0 Å². The number of hydrogen-bond donors (Lipinski definition) is 2. The van der Waals surface area contributed by atoms with Gasteiger partial charge in [-0.3, -0.25) is 4.68 Å². The monoisotopic (exact) mass is 371 g/mol. The van der Waals surface area contributed by atoms with E-state index < -0.39 is 0 Å². The van der Waals surface area contributed by atoms with E-state index >= 15 is 0 Å². The van der Waals surface area contributed by atoms with Crippen LogP contribution < -0.4 is 10.6 Å². The van der Waals surface area contributed by atoms with Crippen molar-refractivity contribution >= 4 is 5.96 Å². The van der Waals surface area contributed by atoms with E-state index in [1.165, 1.54) is 11.1 Å². The van der Waals surface area contributed by atoms with E-state index in [-0.39, 0.29) is 0 Å². The molecule has 1 aromatic carbocycles. The maximum atomic E-state index is 5.83. The van der Waals surface area contributed by atoms with Crippen LogP contribution in [0.1, 0.15) is 36.4 Å². The SMILES string of the molecule is CCNC(=NCc1c(C)nn(C)c1C)NCC(C)COCc1ccccc1. The maximum Gasteiger partial charge on any atom is 0.191 e. The Labute approximate surface area is 163 Å². The van der Waals surface area contributed by atoms with Crippen LogP contribution in [0.3, 0.4) is 0 Å². The van der Waals surface area contributed by atoms with Crippen molar-refractivity contribution in [3.8, 4) is 0 Å². The summed E-state index contributed by atoms with van der Waals surface area (Å²) in [6.07, 6.45) is 0. The fourth-order valence-corrected chi connectivity index (χ4v) is 2.83. The van der Waals surface area contributed by atoms with Gasteiger partial charge in [-0.25, -0.2) is 4.99 Å². The summed E-state index contributed by atoms with van der Waals surface area (Å²) in [6, 6.07) is 10.3. The fraction of sp³-hybridized carbons (Fsp3) is 0.524. The molecule has 0 bridgehead atoms. The van der Waals surface area contributed by atoms with Crippen molar-refractivity contribution in [2.75, 3.05) is 19.7 Å². The normalized spacial score (nSPS) is 12.9. The molecule has 1 heterocycles. The molecule has 148 valence electrons. The van der Waals surface area contributed by atoms with Gasteiger partial charge in [0.05, 0.1) is 25.5 Å². The Kier molecular flexibility index (Phi) is 8.33. The molecule has 0 saturated carbocycles. The maximum absolute atomic E-state index is 5.83. The quantitative estimate of drug-likeness (QED) is 0.525. The van der Waals surface area contributed by atoms with Gasteiger partial charge in [-0.1, -0.05) is 37.3 Å². The van der Waals surface area contributed by atoms with Crippen LogP contribution in [0.2, 0.25) is 0 Å². The number of rotatable bonds is 9. The number of aryl methyl sites for hydroxylation is 2. The highest BCUT2D eigenvalue weighted by molar-refractivity contribution is 5.79. The summed E-state index contributed by atoms with van der Waals surface area (Å²) in [5.74, 6) is 1.22. The number of hydrogen-bond acceptors (Lipinski definition) is 3. The second-order valence-electron chi connectivity index (χ2n) is 6.95. The summed E-state index contributed by atoms with van der Waals surface area (Å²) >= 11 is 0. The molecule has 1 atom stereocenters. The van der Waals surface area contributed by atoms with Crippen molar-refractivity contribution in [2.45, 2.75) is 40.8 Å². The van der Waals surface area contributed by atoms with E-state index in [0.717, 1.165) is 30.4 Å². The van der Waals surface area contributed by atoms with Crippen molar-refractivity contribution in [1.82, 2.24) is 20.4 Å². The van der Waals surface area contributed by atoms with Crippen molar-refractivity contribution in [2.24, 2.45) is 18.0 Å². The molecule has 27 heavy (non-hydrogen) atoms. The average Bonchev–Trinajstić information content (AvgIpc) is 2.90. The van der Waals surface area contributed by atoms with Gasteiger partial charge in [0.25, 0.3) is 0 Å². The van der Waals surface area contributed by atoms with Crippen molar-refractivity contribution < 1.29 is 4.74 Å². The summed E-state index contributed by atoms with van der Waals surface area (Å²) in [5.41, 5.74) is 4.59. The molecular formula is C21H33N5O. The van der Waals surface area contributed by atoms with Crippen LogP contribution in [0.4, 0.5) is 0 Å². The minimum atomic E-state index is 0.388. The first-order valence-corrected chi connectivity index (χ1v) is 9.64. The molecule has 0 fully saturated rings. The topological polar surface area (TPSA) is 63.5 Å². The lowest BCUT2D eigenvalue weighted by Crippen LogP contribution is -2.40. The molecule has 0 amide bonds. The highest BCUT2D eigenvalue weighted by Gasteiger charge is 2.09. The summed E-state index contributed by atoms with van der Waals surface area (Å²) in [4.78, 5) is 4.72. The number of aliphatic imine (C=N–C) groups is 1. The van der Waals surface area contributed by atoms with Crippen LogP contribution in [0, 0.1) is 19.8 Å². The first-order chi connectivity index (χ1) is 13.0. The smallest absolute Gasteiger partial charge is 0.191 e. The first-order valence-electron chi connectivity index (χ1n) is 9.64. The number of nitrogens with zero attached hydrogens (tertiary/aromatic N) is 3. The summed E-state index contributed by atoms with van der Waals surface area (Å²) in [5, 5.41) is 11.2. The van der Waals surface area contributed by atoms with Crippen LogP contribution in [-0.2, 0) is 24.9 Å². The molecule has 0 saturated heterocycles. The zero-order chi connectivity index (χ0) is 19.6. The fourth-order valence-electron chi connectivity index (χ4n) is 2.83. The molecule has 6 nitrogen and oxygen atoms in total. The summed E-state index contributed by atoms with van der Waals surface area (Å²) in [6.45, 7) is 12.0. The Morgan fingerprint density at radius 1 is 1.22 bits per heavy atom. The lowest BCUT2D eigenvalue weighted by molar-refractivity contribution is 0.0931. The molecule has 0 aliphatic heterocycles. The van der Waals surface area contributed by atoms with Gasteiger partial charge in [-0.2, -0.15) is 5.10 Å². The van der Waals surface area contributed by atoms with Crippen LogP contribution in [-0.4, -0.2) is 35.4 Å². The lowest BCUT2D eigenvalue weighted by atomic mass is 10.2. The number of benzene rings is 1. The van der Waals surface area contributed by atoms with Crippen LogP contribution >= 0.6 is 0 Å². The van der Waals surface area contributed by atoms with Crippen LogP contribution in [0.5, 0.6) is 0 Å². The van der Waals surface area contributed by atoms with Gasteiger partial charge in [-0.15, -0.1) is 0 Å². The second-order valence-corrected chi connectivity index (χ2v) is 6.95. The van der Waals surface area contributed by atoms with Crippen molar-refractivity contribution in [3.63, 3.8) is 0 Å². The molecule has 0 radical (unpaired) electrons. The minimum absolute atomic E-state index is 0.388. The zero-order valence-electron chi connectivity index (χ0n) is 17.2. The first kappa shape index (κ1) is 21.0. The highest BCUT2D eigenvalue weighted by atomic mass is 16.5. The number of ether oxygens (including phenoxy) is 1. The summed E-state index contributed by atoms with van der Waals surface area (Å²) < 4.78 is 7.74. The number of nitrogens with one attached hydrogen (secondary N) is 2. The average molecular weight is 372 g/mol. The third-order valence-electron chi connectivity index (χ3n) is 4.53. The largest absolute Gasteiger partial charge is 0.376 e. The molecule has 2 N–H and O–H groups in total. The Morgan fingerprint density at radius 2 is 1.96 bits per heavy atom. The molecule has 0 spiro atoms. The Hall–Kier alpha value is -2.34. The van der Waals surface area contributed by atoms with Gasteiger partial charge in [0, 0.05) is 31.4 Å². The van der Waals surface area contributed by atoms with E-state index in [9.17, 15) is 0 Å². The molecule has 1 aromatic heterocycles. The highest BCUT2D eigenvalue weighted by Crippen LogP contribution is 2.12. The van der Waals surface area contributed by atoms with Crippen molar-refractivity contribution in [1.29, 1.82) is 0 Å². The van der Waals surface area contributed by atoms with Crippen molar-refractivity contribution in [3.05, 3.63) is 52.8 Å². The van der Waals surface area contributed by atoms with E-state index in [2.05, 4.69) is 48.6 Å². The van der Waals surface area contributed by atoms with Gasteiger partial charge >= 0.3 is 0 Å². The molecule has 0 aliphatic rings. The van der Waals surface area contributed by atoms with Crippen LogP contribution in [0.15, 0.2) is 35.3 Å². The summed E-state index contributed by atoms with van der Waals surface area (Å²) in [7, 11) is 1.97. The second kappa shape index (κ2) is 10.7. The van der Waals surface area contributed by atoms with Crippen LogP contribution in [0.25, 0.3) is 0 Å². The predicted molar refractivity (Wildman–Crippen MR) is 111 cm³/mol. The van der Waals surface area contributed by atoms with Gasteiger partial charge in [-0.05, 0) is 32.3 Å². The minimum Gasteiger partial charge on any atom is -0.376 e. The lowest BCUT2D eigenvalue weighted by Gasteiger charge is -2.16. The van der Waals surface area contributed by atoms with Gasteiger partial charge < -0.3 is 15.4 Å². The third-order valence-corrected chi connectivity index (χ3v) is 4.53. The molecule has 0 aliphatic carbocycles. The number of aromatic nitrogens is 2. The molecule has 1 unspecified atom stereocenters. The number of guanidine groups is 1. The standard InChI is InChI=1S/C21H33N5O/c1-6-22-21(24-13-20-17(3)25-26(5)18(20)4)23-12-16(2)14-27-15-19-10-8-7-9-11-19/h7-11,16H,6,12-15H2,1-5H3,(H2,22,23,24). The van der Waals surface area contributed by atoms with E-state index in [0.29, 0.717) is 25.7 Å². The van der Waals surface area contributed by atoms with Gasteiger partial charge in [0.15, 0.2) is 5.96 Å². The Morgan fingerprint density at radius 3 is 2.59 bits per heavy atom. The molecule has 2 aromatic rings. The Bertz CT molecular complexity index is 724. The molecule has 2 rings (SSSR count). The van der Waals surface area contributed by atoms with Gasteiger partial charge in [0.1, 0.15) is 0 Å². The molecule has 6 heteroatoms. The predicted octanol–water partition coefficient (Wildman–Crippen LogP) is 2.94. The molecular weight excluding hydrogens is 338 g/mol. The van der Waals surface area contributed by atoms with E-state index in [4.69, 9.17) is 9.73 Å². The Balaban J connectivity index is 1.80. The third kappa shape index (κ3) is 6.71. The van der Waals surface area contributed by atoms with E-state index in [1.54, 1.807) is 0 Å².